The molecule has 6 heteroatoms. The summed E-state index contributed by atoms with van der Waals surface area (Å²) in [6.45, 7) is 2.41. The smallest absolute Gasteiger partial charge is 0.148 e. The van der Waals surface area contributed by atoms with Crippen LogP contribution in [0.3, 0.4) is 0 Å². The van der Waals surface area contributed by atoms with Crippen LogP contribution >= 0.6 is 0 Å². The molecule has 0 amide bonds. The first-order valence-corrected chi connectivity index (χ1v) is 5.89. The van der Waals surface area contributed by atoms with Crippen LogP contribution in [-0.2, 0) is 0 Å². The molecule has 1 saturated carbocycles. The third-order valence-electron chi connectivity index (χ3n) is 3.34. The van der Waals surface area contributed by atoms with Gasteiger partial charge in [0.1, 0.15) is 18.0 Å². The van der Waals surface area contributed by atoms with Gasteiger partial charge in [-0.15, -0.1) is 0 Å². The molecule has 0 aliphatic heterocycles. The highest BCUT2D eigenvalue weighted by atomic mass is 16.3. The highest BCUT2D eigenvalue weighted by Gasteiger charge is 2.30. The number of hydrazine groups is 1. The van der Waals surface area contributed by atoms with Gasteiger partial charge < -0.3 is 15.8 Å². The van der Waals surface area contributed by atoms with E-state index in [0.29, 0.717) is 18.2 Å². The van der Waals surface area contributed by atoms with Crippen LogP contribution in [0.25, 0.3) is 0 Å². The number of nitrogens with one attached hydrogen (secondary N) is 2. The van der Waals surface area contributed by atoms with Gasteiger partial charge in [-0.3, -0.25) is 0 Å². The minimum atomic E-state index is -0.590. The van der Waals surface area contributed by atoms with Crippen molar-refractivity contribution >= 4 is 11.6 Å². The average Bonchev–Trinajstić information content (AvgIpc) is 2.75. The van der Waals surface area contributed by atoms with Gasteiger partial charge in [-0.25, -0.2) is 15.8 Å². The van der Waals surface area contributed by atoms with Gasteiger partial charge in [0.25, 0.3) is 0 Å². The molecule has 1 aliphatic carbocycles. The third kappa shape index (κ3) is 2.65. The number of hydrogen-bond acceptors (Lipinski definition) is 6. The SMILES string of the molecule is Cc1c(NN)ncnc1NCC1(O)CCCC1. The summed E-state index contributed by atoms with van der Waals surface area (Å²) in [6, 6.07) is 0. The van der Waals surface area contributed by atoms with Gasteiger partial charge in [0.2, 0.25) is 0 Å². The van der Waals surface area contributed by atoms with E-state index in [-0.39, 0.29) is 0 Å². The van der Waals surface area contributed by atoms with Gasteiger partial charge in [0.05, 0.1) is 5.60 Å². The number of rotatable bonds is 4. The molecule has 0 atom stereocenters. The normalized spacial score (nSPS) is 18.1. The highest BCUT2D eigenvalue weighted by Crippen LogP contribution is 2.30. The Labute approximate surface area is 101 Å². The summed E-state index contributed by atoms with van der Waals surface area (Å²) in [5.41, 5.74) is 2.79. The van der Waals surface area contributed by atoms with Crippen molar-refractivity contribution in [1.29, 1.82) is 0 Å². The monoisotopic (exact) mass is 237 g/mol. The fourth-order valence-electron chi connectivity index (χ4n) is 2.23. The number of aliphatic hydroxyl groups is 1. The first-order valence-electron chi connectivity index (χ1n) is 5.89. The van der Waals surface area contributed by atoms with Gasteiger partial charge in [-0.2, -0.15) is 0 Å². The second-order valence-electron chi connectivity index (χ2n) is 4.63. The van der Waals surface area contributed by atoms with Crippen molar-refractivity contribution in [1.82, 2.24) is 9.97 Å². The van der Waals surface area contributed by atoms with Crippen LogP contribution in [0.4, 0.5) is 11.6 Å². The van der Waals surface area contributed by atoms with E-state index in [9.17, 15) is 5.11 Å². The molecule has 1 aliphatic rings. The molecule has 1 aromatic heterocycles. The molecule has 0 unspecified atom stereocenters. The summed E-state index contributed by atoms with van der Waals surface area (Å²) in [6.07, 6.45) is 5.34. The van der Waals surface area contributed by atoms with E-state index in [1.807, 2.05) is 6.92 Å². The van der Waals surface area contributed by atoms with Crippen molar-refractivity contribution in [3.63, 3.8) is 0 Å². The molecular formula is C11H19N5O. The number of hydrogen-bond donors (Lipinski definition) is 4. The molecule has 6 nitrogen and oxygen atoms in total. The second kappa shape index (κ2) is 4.85. The maximum atomic E-state index is 10.2. The Hall–Kier alpha value is -1.40. The van der Waals surface area contributed by atoms with Gasteiger partial charge in [0.15, 0.2) is 0 Å². The highest BCUT2D eigenvalue weighted by molar-refractivity contribution is 5.55. The van der Waals surface area contributed by atoms with E-state index >= 15 is 0 Å². The summed E-state index contributed by atoms with van der Waals surface area (Å²) in [4.78, 5) is 8.15. The predicted molar refractivity (Wildman–Crippen MR) is 66.5 cm³/mol. The van der Waals surface area contributed by atoms with Crippen molar-refractivity contribution in [2.75, 3.05) is 17.3 Å². The predicted octanol–water partition coefficient (Wildman–Crippen LogP) is 0.788. The Morgan fingerprint density at radius 2 is 2.00 bits per heavy atom. The molecule has 0 aromatic carbocycles. The molecule has 0 spiro atoms. The molecule has 0 radical (unpaired) electrons. The van der Waals surface area contributed by atoms with Crippen LogP contribution in [0.15, 0.2) is 6.33 Å². The zero-order chi connectivity index (χ0) is 12.3. The molecule has 17 heavy (non-hydrogen) atoms. The van der Waals surface area contributed by atoms with Gasteiger partial charge in [-0.05, 0) is 19.8 Å². The maximum Gasteiger partial charge on any atom is 0.148 e. The Morgan fingerprint density at radius 1 is 1.35 bits per heavy atom. The van der Waals surface area contributed by atoms with Crippen LogP contribution in [-0.4, -0.2) is 27.2 Å². The zero-order valence-electron chi connectivity index (χ0n) is 10.0. The topological polar surface area (TPSA) is 96.1 Å². The summed E-state index contributed by atoms with van der Waals surface area (Å²) in [5.74, 6) is 6.66. The lowest BCUT2D eigenvalue weighted by atomic mass is 10.0. The minimum Gasteiger partial charge on any atom is -0.388 e. The summed E-state index contributed by atoms with van der Waals surface area (Å²) in [7, 11) is 0. The van der Waals surface area contributed by atoms with E-state index in [1.165, 1.54) is 6.33 Å². The number of nitrogens with two attached hydrogens (primary N) is 1. The molecule has 0 saturated heterocycles. The van der Waals surface area contributed by atoms with Crippen molar-refractivity contribution < 1.29 is 5.11 Å². The van der Waals surface area contributed by atoms with E-state index in [4.69, 9.17) is 5.84 Å². The molecule has 94 valence electrons. The first kappa shape index (κ1) is 12.1. The fraction of sp³-hybridized carbons (Fsp3) is 0.636. The molecule has 0 bridgehead atoms. The maximum absolute atomic E-state index is 10.2. The molecule has 1 heterocycles. The number of aromatic nitrogens is 2. The summed E-state index contributed by atoms with van der Waals surface area (Å²) < 4.78 is 0. The summed E-state index contributed by atoms with van der Waals surface area (Å²) in [5, 5.41) is 13.4. The molecule has 1 fully saturated rings. The van der Waals surface area contributed by atoms with E-state index in [2.05, 4.69) is 20.7 Å². The van der Waals surface area contributed by atoms with E-state index in [0.717, 1.165) is 31.2 Å². The Balaban J connectivity index is 2.03. The van der Waals surface area contributed by atoms with Crippen LogP contribution in [0, 0.1) is 6.92 Å². The molecule has 1 aromatic rings. The lowest BCUT2D eigenvalue weighted by Gasteiger charge is -2.23. The van der Waals surface area contributed by atoms with Gasteiger partial charge >= 0.3 is 0 Å². The molecular weight excluding hydrogens is 218 g/mol. The van der Waals surface area contributed by atoms with Gasteiger partial charge in [0, 0.05) is 12.1 Å². The Bertz CT molecular complexity index is 389. The number of nitrogen functional groups attached to an aromatic ring is 1. The van der Waals surface area contributed by atoms with Crippen molar-refractivity contribution in [2.45, 2.75) is 38.2 Å². The molecule has 2 rings (SSSR count). The number of anilines is 2. The van der Waals surface area contributed by atoms with Crippen molar-refractivity contribution in [3.8, 4) is 0 Å². The van der Waals surface area contributed by atoms with Gasteiger partial charge in [-0.1, -0.05) is 12.8 Å². The Kier molecular flexibility index (Phi) is 3.44. The fourth-order valence-corrected chi connectivity index (χ4v) is 2.23. The quantitative estimate of drug-likeness (QED) is 0.456. The Morgan fingerprint density at radius 3 is 2.65 bits per heavy atom. The standard InChI is InChI=1S/C11H19N5O/c1-8-9(14-7-15-10(8)16-12)13-6-11(17)4-2-3-5-11/h7,17H,2-6,12H2,1H3,(H2,13,14,15,16). The van der Waals surface area contributed by atoms with Crippen LogP contribution in [0.5, 0.6) is 0 Å². The van der Waals surface area contributed by atoms with Crippen molar-refractivity contribution in [2.24, 2.45) is 5.84 Å². The van der Waals surface area contributed by atoms with Crippen molar-refractivity contribution in [3.05, 3.63) is 11.9 Å². The zero-order valence-corrected chi connectivity index (χ0v) is 10.0. The van der Waals surface area contributed by atoms with Crippen LogP contribution in [0.2, 0.25) is 0 Å². The van der Waals surface area contributed by atoms with Crippen LogP contribution in [0.1, 0.15) is 31.2 Å². The second-order valence-corrected chi connectivity index (χ2v) is 4.63. The third-order valence-corrected chi connectivity index (χ3v) is 3.34. The van der Waals surface area contributed by atoms with E-state index < -0.39 is 5.60 Å². The first-order chi connectivity index (χ1) is 8.14. The van der Waals surface area contributed by atoms with Crippen LogP contribution < -0.4 is 16.6 Å². The molecule has 5 N–H and O–H groups in total. The largest absolute Gasteiger partial charge is 0.388 e. The number of nitrogens with zero attached hydrogens (tertiary/aromatic N) is 2. The average molecular weight is 237 g/mol. The summed E-state index contributed by atoms with van der Waals surface area (Å²) >= 11 is 0. The lowest BCUT2D eigenvalue weighted by Crippen LogP contribution is -2.34. The van der Waals surface area contributed by atoms with E-state index in [1.54, 1.807) is 0 Å². The minimum absolute atomic E-state index is 0.523. The lowest BCUT2D eigenvalue weighted by molar-refractivity contribution is 0.0614.